The molecule has 0 aromatic heterocycles. The van der Waals surface area contributed by atoms with E-state index >= 15 is 0 Å². The minimum Gasteiger partial charge on any atom is -0.394 e. The van der Waals surface area contributed by atoms with Crippen LogP contribution in [0, 0.1) is 23.5 Å². The highest BCUT2D eigenvalue weighted by Gasteiger charge is 2.08. The molecule has 3 rings (SSSR count). The van der Waals surface area contributed by atoms with Gasteiger partial charge in [-0.05, 0) is 59.5 Å². The van der Waals surface area contributed by atoms with Crippen LogP contribution in [0.4, 0.5) is 14.5 Å². The van der Waals surface area contributed by atoms with Crippen LogP contribution in [-0.2, 0) is 6.42 Å². The largest absolute Gasteiger partial charge is 0.394 e. The third-order valence-electron chi connectivity index (χ3n) is 4.01. The number of hydrogen-bond acceptors (Lipinski definition) is 1. The lowest BCUT2D eigenvalue weighted by Gasteiger charge is -2.05. The van der Waals surface area contributed by atoms with Crippen molar-refractivity contribution in [3.63, 3.8) is 0 Å². The molecule has 3 aromatic rings. The van der Waals surface area contributed by atoms with Gasteiger partial charge < -0.3 is 5.73 Å². The first-order valence-corrected chi connectivity index (χ1v) is 8.02. The summed E-state index contributed by atoms with van der Waals surface area (Å²) in [5.41, 5.74) is 9.04. The van der Waals surface area contributed by atoms with E-state index in [0.717, 1.165) is 17.5 Å². The molecular formula is C22H17F2N. The first-order valence-electron chi connectivity index (χ1n) is 8.02. The molecule has 3 aromatic carbocycles. The van der Waals surface area contributed by atoms with Crippen LogP contribution in [0.15, 0.2) is 60.7 Å². The average Bonchev–Trinajstić information content (AvgIpc) is 2.65. The summed E-state index contributed by atoms with van der Waals surface area (Å²) in [6, 6.07) is 17.8. The van der Waals surface area contributed by atoms with E-state index in [9.17, 15) is 8.78 Å². The molecule has 25 heavy (non-hydrogen) atoms. The molecule has 0 atom stereocenters. The van der Waals surface area contributed by atoms with Crippen molar-refractivity contribution in [1.29, 1.82) is 0 Å². The molecule has 0 aliphatic heterocycles. The second-order valence-corrected chi connectivity index (χ2v) is 5.73. The molecule has 0 amide bonds. The van der Waals surface area contributed by atoms with E-state index in [1.54, 1.807) is 12.1 Å². The summed E-state index contributed by atoms with van der Waals surface area (Å²) in [6.07, 6.45) is 1.00. The van der Waals surface area contributed by atoms with Crippen molar-refractivity contribution in [3.05, 3.63) is 89.0 Å². The predicted octanol–water partition coefficient (Wildman–Crippen LogP) is 5.18. The van der Waals surface area contributed by atoms with Crippen LogP contribution in [0.2, 0.25) is 0 Å². The van der Waals surface area contributed by atoms with Gasteiger partial charge in [-0.2, -0.15) is 0 Å². The molecule has 124 valence electrons. The van der Waals surface area contributed by atoms with E-state index in [-0.39, 0.29) is 0 Å². The Labute approximate surface area is 146 Å². The van der Waals surface area contributed by atoms with Crippen LogP contribution in [-0.4, -0.2) is 0 Å². The van der Waals surface area contributed by atoms with Gasteiger partial charge in [-0.25, -0.2) is 8.78 Å². The maximum Gasteiger partial charge on any atom is 0.149 e. The van der Waals surface area contributed by atoms with Gasteiger partial charge >= 0.3 is 0 Å². The molecule has 0 radical (unpaired) electrons. The van der Waals surface area contributed by atoms with Crippen LogP contribution in [0.5, 0.6) is 0 Å². The Morgan fingerprint density at radius 2 is 1.24 bits per heavy atom. The van der Waals surface area contributed by atoms with Crippen molar-refractivity contribution < 1.29 is 8.78 Å². The third kappa shape index (κ3) is 3.87. The summed E-state index contributed by atoms with van der Waals surface area (Å²) in [7, 11) is 0. The first kappa shape index (κ1) is 16.7. The van der Waals surface area contributed by atoms with Crippen LogP contribution in [0.3, 0.4) is 0 Å². The molecule has 0 unspecified atom stereocenters. The zero-order valence-corrected chi connectivity index (χ0v) is 13.8. The number of nitrogens with two attached hydrogens (primary N) is 1. The zero-order valence-electron chi connectivity index (χ0n) is 13.8. The van der Waals surface area contributed by atoms with Crippen molar-refractivity contribution in [2.75, 3.05) is 5.73 Å². The lowest BCUT2D eigenvalue weighted by Crippen LogP contribution is -1.96. The van der Waals surface area contributed by atoms with Crippen molar-refractivity contribution in [1.82, 2.24) is 0 Å². The van der Waals surface area contributed by atoms with Gasteiger partial charge in [0.1, 0.15) is 17.3 Å². The van der Waals surface area contributed by atoms with Gasteiger partial charge in [-0.3, -0.25) is 0 Å². The van der Waals surface area contributed by atoms with E-state index in [1.807, 2.05) is 24.3 Å². The summed E-state index contributed by atoms with van der Waals surface area (Å²) in [6.45, 7) is 2.11. The van der Waals surface area contributed by atoms with Crippen LogP contribution in [0.25, 0.3) is 11.1 Å². The smallest absolute Gasteiger partial charge is 0.149 e. The molecular weight excluding hydrogens is 316 g/mol. The van der Waals surface area contributed by atoms with Gasteiger partial charge in [0.25, 0.3) is 0 Å². The Balaban J connectivity index is 1.82. The van der Waals surface area contributed by atoms with Crippen LogP contribution in [0.1, 0.15) is 23.6 Å². The summed E-state index contributed by atoms with van der Waals surface area (Å²) in [5, 5.41) is 0. The minimum atomic E-state index is -0.755. The average molecular weight is 333 g/mol. The number of rotatable bonds is 2. The molecule has 1 nitrogen and oxygen atoms in total. The van der Waals surface area contributed by atoms with Crippen LogP contribution >= 0.6 is 0 Å². The maximum absolute atomic E-state index is 13.6. The highest BCUT2D eigenvalue weighted by molar-refractivity contribution is 5.67. The molecule has 0 heterocycles. The monoisotopic (exact) mass is 333 g/mol. The van der Waals surface area contributed by atoms with Crippen LogP contribution < -0.4 is 5.73 Å². The summed E-state index contributed by atoms with van der Waals surface area (Å²) >= 11 is 0. The molecule has 0 spiro atoms. The Morgan fingerprint density at radius 3 is 1.72 bits per heavy atom. The number of benzene rings is 3. The Kier molecular flexibility index (Phi) is 4.81. The molecule has 0 bridgehead atoms. The van der Waals surface area contributed by atoms with E-state index in [1.165, 1.54) is 17.7 Å². The quantitative estimate of drug-likeness (QED) is 0.508. The normalized spacial score (nSPS) is 10.2. The Hall–Kier alpha value is -3.12. The van der Waals surface area contributed by atoms with Gasteiger partial charge in [0.15, 0.2) is 0 Å². The fraction of sp³-hybridized carbons (Fsp3) is 0.0909. The number of anilines is 1. The van der Waals surface area contributed by atoms with E-state index in [2.05, 4.69) is 30.9 Å². The van der Waals surface area contributed by atoms with Crippen molar-refractivity contribution in [3.8, 4) is 23.0 Å². The van der Waals surface area contributed by atoms with Gasteiger partial charge in [0.2, 0.25) is 0 Å². The highest BCUT2D eigenvalue weighted by atomic mass is 19.1. The zero-order chi connectivity index (χ0) is 17.8. The fourth-order valence-electron chi connectivity index (χ4n) is 2.47. The molecule has 0 fully saturated rings. The van der Waals surface area contributed by atoms with Gasteiger partial charge in [-0.1, -0.05) is 43.0 Å². The highest BCUT2D eigenvalue weighted by Crippen LogP contribution is 2.25. The molecule has 0 saturated carbocycles. The second-order valence-electron chi connectivity index (χ2n) is 5.73. The number of halogens is 2. The lowest BCUT2D eigenvalue weighted by atomic mass is 10.0. The number of aryl methyl sites for hydroxylation is 1. The van der Waals surface area contributed by atoms with E-state index in [0.29, 0.717) is 11.1 Å². The Morgan fingerprint density at radius 1 is 0.760 bits per heavy atom. The molecule has 0 saturated heterocycles. The number of nitrogen functional groups attached to an aromatic ring is 1. The molecule has 0 aliphatic rings. The van der Waals surface area contributed by atoms with Crippen molar-refractivity contribution in [2.24, 2.45) is 0 Å². The topological polar surface area (TPSA) is 26.0 Å². The lowest BCUT2D eigenvalue weighted by molar-refractivity contribution is 0.592. The fourth-order valence-corrected chi connectivity index (χ4v) is 2.47. The second kappa shape index (κ2) is 7.19. The maximum atomic E-state index is 13.6. The van der Waals surface area contributed by atoms with Crippen molar-refractivity contribution >= 4 is 5.69 Å². The van der Waals surface area contributed by atoms with E-state index in [4.69, 9.17) is 5.73 Å². The van der Waals surface area contributed by atoms with Crippen molar-refractivity contribution in [2.45, 2.75) is 13.3 Å². The molecule has 0 aliphatic carbocycles. The van der Waals surface area contributed by atoms with E-state index < -0.39 is 17.3 Å². The summed E-state index contributed by atoms with van der Waals surface area (Å²) in [4.78, 5) is 0. The number of hydrogen-bond donors (Lipinski definition) is 1. The van der Waals surface area contributed by atoms with Gasteiger partial charge in [-0.15, -0.1) is 0 Å². The summed E-state index contributed by atoms with van der Waals surface area (Å²) < 4.78 is 27.2. The third-order valence-corrected chi connectivity index (χ3v) is 4.01. The molecule has 2 N–H and O–H groups in total. The SMILES string of the molecule is CCc1ccc(C#Cc2ccc(-c3cc(F)c(N)c(F)c3)cc2)cc1. The van der Waals surface area contributed by atoms with Gasteiger partial charge in [0, 0.05) is 11.1 Å². The predicted molar refractivity (Wildman–Crippen MR) is 98.0 cm³/mol. The minimum absolute atomic E-state index is 0.443. The summed E-state index contributed by atoms with van der Waals surface area (Å²) in [5.74, 6) is 4.69. The first-order chi connectivity index (χ1) is 12.1. The molecule has 3 heteroatoms. The van der Waals surface area contributed by atoms with Gasteiger partial charge in [0.05, 0.1) is 0 Å². The standard InChI is InChI=1S/C22H17F2N/c1-2-15-3-5-16(6-4-15)7-8-17-9-11-18(12-10-17)19-13-20(23)22(25)21(24)14-19/h3-6,9-14H,2,25H2,1H3. The Bertz CT molecular complexity index is 923.